The first-order valence-electron chi connectivity index (χ1n) is 3.14. The Kier molecular flexibility index (Phi) is 2.38. The van der Waals surface area contributed by atoms with Crippen LogP contribution in [-0.4, -0.2) is 0 Å². The van der Waals surface area contributed by atoms with E-state index in [-0.39, 0.29) is 5.69 Å². The molecule has 0 unspecified atom stereocenters. The molecule has 0 saturated carbocycles. The summed E-state index contributed by atoms with van der Waals surface area (Å²) in [5, 5.41) is -0.930. The molecular formula is C7H8F2N2. The van der Waals surface area contributed by atoms with Crippen LogP contribution in [0.25, 0.3) is 0 Å². The van der Waals surface area contributed by atoms with Gasteiger partial charge < -0.3 is 5.73 Å². The van der Waals surface area contributed by atoms with Gasteiger partial charge in [-0.25, -0.2) is 0 Å². The first-order valence-corrected chi connectivity index (χ1v) is 3.14. The van der Waals surface area contributed by atoms with Gasteiger partial charge in [-0.3, -0.25) is 0 Å². The van der Waals surface area contributed by atoms with E-state index in [9.17, 15) is 8.96 Å². The topological polar surface area (TPSA) is 29.3 Å². The van der Waals surface area contributed by atoms with Gasteiger partial charge in [-0.05, 0) is 23.0 Å². The van der Waals surface area contributed by atoms with Crippen LogP contribution < -0.4 is 11.1 Å². The number of benzene rings is 1. The van der Waals surface area contributed by atoms with Crippen molar-refractivity contribution in [1.82, 2.24) is 0 Å². The van der Waals surface area contributed by atoms with Crippen LogP contribution in [0.1, 0.15) is 5.56 Å². The predicted octanol–water partition coefficient (Wildman–Crippen LogP) is 1.72. The van der Waals surface area contributed by atoms with Crippen LogP contribution in [0.3, 0.4) is 0 Å². The molecular weight excluding hydrogens is 150 g/mol. The molecule has 0 aliphatic rings. The Bertz CT molecular complexity index is 220. The van der Waals surface area contributed by atoms with E-state index in [1.807, 2.05) is 0 Å². The van der Waals surface area contributed by atoms with Gasteiger partial charge in [0.1, 0.15) is 5.69 Å². The van der Waals surface area contributed by atoms with Crippen LogP contribution in [-0.2, 0) is 6.54 Å². The summed E-state index contributed by atoms with van der Waals surface area (Å²) in [5.41, 5.74) is 6.00. The molecule has 1 rings (SSSR count). The van der Waals surface area contributed by atoms with Gasteiger partial charge in [-0.1, -0.05) is 21.1 Å². The average Bonchev–Trinajstić information content (AvgIpc) is 2.05. The van der Waals surface area contributed by atoms with Crippen LogP contribution in [0.2, 0.25) is 0 Å². The molecule has 4 heteroatoms. The number of rotatable bonds is 2. The minimum atomic E-state index is -0.930. The first kappa shape index (κ1) is 7.94. The maximum atomic E-state index is 11.8. The van der Waals surface area contributed by atoms with Crippen LogP contribution >= 0.6 is 0 Å². The van der Waals surface area contributed by atoms with Crippen LogP contribution in [0, 0.1) is 0 Å². The zero-order chi connectivity index (χ0) is 8.27. The van der Waals surface area contributed by atoms with Gasteiger partial charge in [-0.2, -0.15) is 0 Å². The third-order valence-corrected chi connectivity index (χ3v) is 1.37. The second-order valence-electron chi connectivity index (χ2n) is 2.10. The Morgan fingerprint density at radius 2 is 1.73 bits per heavy atom. The van der Waals surface area contributed by atoms with E-state index in [0.717, 1.165) is 5.56 Å². The van der Waals surface area contributed by atoms with E-state index in [1.54, 1.807) is 12.1 Å². The van der Waals surface area contributed by atoms with E-state index in [0.29, 0.717) is 6.54 Å². The second kappa shape index (κ2) is 3.30. The van der Waals surface area contributed by atoms with Crippen molar-refractivity contribution in [1.29, 1.82) is 0 Å². The Balaban J connectivity index is 2.83. The van der Waals surface area contributed by atoms with E-state index in [4.69, 9.17) is 5.73 Å². The molecule has 0 aromatic heterocycles. The molecule has 0 bridgehead atoms. The van der Waals surface area contributed by atoms with Gasteiger partial charge in [0.05, 0.1) is 0 Å². The standard InChI is InChI=1S/C7H8F2N2/c8-11(9)7-3-1-6(5-10)2-4-7/h1-4H,5,10H2. The highest BCUT2D eigenvalue weighted by Crippen LogP contribution is 2.15. The van der Waals surface area contributed by atoms with Gasteiger partial charge in [0.2, 0.25) is 0 Å². The van der Waals surface area contributed by atoms with Crippen molar-refractivity contribution in [2.75, 3.05) is 5.34 Å². The number of hydrogen-bond acceptors (Lipinski definition) is 2. The van der Waals surface area contributed by atoms with Gasteiger partial charge in [0.15, 0.2) is 0 Å². The molecule has 0 aliphatic heterocycles. The van der Waals surface area contributed by atoms with Crippen molar-refractivity contribution in [2.45, 2.75) is 6.54 Å². The van der Waals surface area contributed by atoms with E-state index in [2.05, 4.69) is 0 Å². The van der Waals surface area contributed by atoms with Crippen LogP contribution in [0.4, 0.5) is 14.6 Å². The van der Waals surface area contributed by atoms with Gasteiger partial charge in [0, 0.05) is 6.54 Å². The van der Waals surface area contributed by atoms with Gasteiger partial charge >= 0.3 is 0 Å². The molecule has 0 saturated heterocycles. The van der Waals surface area contributed by atoms with E-state index >= 15 is 0 Å². The minimum absolute atomic E-state index is 0.123. The maximum Gasteiger partial charge on any atom is 0.105 e. The van der Waals surface area contributed by atoms with Crippen molar-refractivity contribution in [3.63, 3.8) is 0 Å². The SMILES string of the molecule is NCc1ccc(N(F)F)cc1. The van der Waals surface area contributed by atoms with E-state index < -0.39 is 5.34 Å². The maximum absolute atomic E-state index is 11.8. The third-order valence-electron chi connectivity index (χ3n) is 1.37. The number of nitrogens with two attached hydrogens (primary N) is 1. The fourth-order valence-corrected chi connectivity index (χ4v) is 0.745. The number of hydrogen-bond donors (Lipinski definition) is 1. The molecule has 1 aromatic carbocycles. The molecule has 2 N–H and O–H groups in total. The van der Waals surface area contributed by atoms with Gasteiger partial charge in [0.25, 0.3) is 0 Å². The molecule has 0 amide bonds. The largest absolute Gasteiger partial charge is 0.326 e. The summed E-state index contributed by atoms with van der Waals surface area (Å²) in [6.45, 7) is 0.374. The first-order chi connectivity index (χ1) is 5.24. The lowest BCUT2D eigenvalue weighted by Crippen LogP contribution is -1.98. The molecule has 0 atom stereocenters. The lowest BCUT2D eigenvalue weighted by atomic mass is 10.2. The highest BCUT2D eigenvalue weighted by molar-refractivity contribution is 5.42. The molecule has 0 spiro atoms. The summed E-state index contributed by atoms with van der Waals surface area (Å²) >= 11 is 0. The zero-order valence-electron chi connectivity index (χ0n) is 5.80. The van der Waals surface area contributed by atoms with Crippen molar-refractivity contribution in [3.8, 4) is 0 Å². The Hall–Kier alpha value is -1.16. The molecule has 2 nitrogen and oxygen atoms in total. The molecule has 11 heavy (non-hydrogen) atoms. The summed E-state index contributed by atoms with van der Waals surface area (Å²) in [6, 6.07) is 5.79. The van der Waals surface area contributed by atoms with Crippen molar-refractivity contribution < 1.29 is 8.96 Å². The van der Waals surface area contributed by atoms with Crippen molar-refractivity contribution in [3.05, 3.63) is 29.8 Å². The quantitative estimate of drug-likeness (QED) is 0.664. The fourth-order valence-electron chi connectivity index (χ4n) is 0.745. The normalized spacial score (nSPS) is 9.73. The Morgan fingerprint density at radius 3 is 2.09 bits per heavy atom. The van der Waals surface area contributed by atoms with Crippen LogP contribution in [0.5, 0.6) is 0 Å². The fraction of sp³-hybridized carbons (Fsp3) is 0.143. The minimum Gasteiger partial charge on any atom is -0.326 e. The summed E-state index contributed by atoms with van der Waals surface area (Å²) in [5.74, 6) is 0. The molecule has 0 fully saturated rings. The zero-order valence-corrected chi connectivity index (χ0v) is 5.80. The molecule has 0 heterocycles. The number of nitrogens with zero attached hydrogens (tertiary/aromatic N) is 1. The van der Waals surface area contributed by atoms with Crippen molar-refractivity contribution in [2.24, 2.45) is 5.73 Å². The molecule has 0 radical (unpaired) electrons. The Labute approximate surface area is 63.1 Å². The number of halogens is 2. The summed E-state index contributed by atoms with van der Waals surface area (Å²) in [4.78, 5) is 0. The van der Waals surface area contributed by atoms with Gasteiger partial charge in [-0.15, -0.1) is 0 Å². The lowest BCUT2D eigenvalue weighted by Gasteiger charge is -2.01. The Morgan fingerprint density at radius 1 is 1.18 bits per heavy atom. The highest BCUT2D eigenvalue weighted by atomic mass is 19.4. The predicted molar refractivity (Wildman–Crippen MR) is 39.0 cm³/mol. The van der Waals surface area contributed by atoms with Crippen LogP contribution in [0.15, 0.2) is 24.3 Å². The third kappa shape index (κ3) is 1.88. The molecule has 1 aromatic rings. The summed E-state index contributed by atoms with van der Waals surface area (Å²) < 4.78 is 23.6. The smallest absolute Gasteiger partial charge is 0.105 e. The summed E-state index contributed by atoms with van der Waals surface area (Å²) in [7, 11) is 0. The second-order valence-corrected chi connectivity index (χ2v) is 2.10. The van der Waals surface area contributed by atoms with E-state index in [1.165, 1.54) is 12.1 Å². The lowest BCUT2D eigenvalue weighted by molar-refractivity contribution is 0.235. The number of anilines is 1. The highest BCUT2D eigenvalue weighted by Gasteiger charge is 2.00. The van der Waals surface area contributed by atoms with Crippen molar-refractivity contribution >= 4 is 5.69 Å². The average molecular weight is 158 g/mol. The summed E-state index contributed by atoms with van der Waals surface area (Å²) in [6.07, 6.45) is 0. The molecule has 0 aliphatic carbocycles. The monoisotopic (exact) mass is 158 g/mol. The molecule has 60 valence electrons.